The first-order chi connectivity index (χ1) is 8.93. The summed E-state index contributed by atoms with van der Waals surface area (Å²) in [5.41, 5.74) is 0.316. The SMILES string of the molecule is COc1ccc(C(O)CNC(C)(C)CO)cc1OC. The van der Waals surface area contributed by atoms with Gasteiger partial charge < -0.3 is 25.0 Å². The molecule has 5 heteroatoms. The highest BCUT2D eigenvalue weighted by atomic mass is 16.5. The number of aliphatic hydroxyl groups excluding tert-OH is 2. The molecule has 0 heterocycles. The fourth-order valence-electron chi connectivity index (χ4n) is 1.61. The molecule has 1 rings (SSSR count). The molecular formula is C14H23NO4. The lowest BCUT2D eigenvalue weighted by molar-refractivity contribution is 0.136. The van der Waals surface area contributed by atoms with E-state index >= 15 is 0 Å². The van der Waals surface area contributed by atoms with Gasteiger partial charge in [-0.25, -0.2) is 0 Å². The van der Waals surface area contributed by atoms with E-state index in [9.17, 15) is 5.11 Å². The van der Waals surface area contributed by atoms with Crippen LogP contribution in [0.1, 0.15) is 25.5 Å². The summed E-state index contributed by atoms with van der Waals surface area (Å²) in [6, 6.07) is 5.30. The normalized spacial score (nSPS) is 13.2. The van der Waals surface area contributed by atoms with E-state index in [0.717, 1.165) is 5.56 Å². The molecular weight excluding hydrogens is 246 g/mol. The first-order valence-corrected chi connectivity index (χ1v) is 6.19. The van der Waals surface area contributed by atoms with E-state index in [0.29, 0.717) is 18.0 Å². The van der Waals surface area contributed by atoms with Crippen LogP contribution in [-0.4, -0.2) is 43.1 Å². The molecule has 5 nitrogen and oxygen atoms in total. The number of rotatable bonds is 7. The lowest BCUT2D eigenvalue weighted by Crippen LogP contribution is -2.44. The molecule has 0 saturated carbocycles. The largest absolute Gasteiger partial charge is 0.493 e. The van der Waals surface area contributed by atoms with Crippen LogP contribution < -0.4 is 14.8 Å². The number of benzene rings is 1. The minimum Gasteiger partial charge on any atom is -0.493 e. The van der Waals surface area contributed by atoms with Crippen molar-refractivity contribution in [2.45, 2.75) is 25.5 Å². The Morgan fingerprint density at radius 1 is 1.21 bits per heavy atom. The van der Waals surface area contributed by atoms with Gasteiger partial charge in [0.25, 0.3) is 0 Å². The van der Waals surface area contributed by atoms with Crippen LogP contribution >= 0.6 is 0 Å². The zero-order valence-corrected chi connectivity index (χ0v) is 11.9. The van der Waals surface area contributed by atoms with E-state index in [1.165, 1.54) is 0 Å². The molecule has 1 atom stereocenters. The van der Waals surface area contributed by atoms with Crippen LogP contribution in [0.2, 0.25) is 0 Å². The third kappa shape index (κ3) is 4.38. The van der Waals surface area contributed by atoms with Gasteiger partial charge in [0.2, 0.25) is 0 Å². The molecule has 108 valence electrons. The van der Waals surface area contributed by atoms with Crippen molar-refractivity contribution in [1.29, 1.82) is 0 Å². The molecule has 0 fully saturated rings. The van der Waals surface area contributed by atoms with Crippen molar-refractivity contribution in [3.8, 4) is 11.5 Å². The first kappa shape index (κ1) is 15.8. The van der Waals surface area contributed by atoms with Crippen LogP contribution in [0.15, 0.2) is 18.2 Å². The Morgan fingerprint density at radius 2 is 1.84 bits per heavy atom. The van der Waals surface area contributed by atoms with Crippen molar-refractivity contribution in [3.05, 3.63) is 23.8 Å². The molecule has 1 aromatic rings. The van der Waals surface area contributed by atoms with Crippen molar-refractivity contribution in [2.75, 3.05) is 27.4 Å². The lowest BCUT2D eigenvalue weighted by Gasteiger charge is -2.25. The maximum absolute atomic E-state index is 10.1. The predicted molar refractivity (Wildman–Crippen MR) is 73.7 cm³/mol. The van der Waals surface area contributed by atoms with E-state index in [1.807, 2.05) is 13.8 Å². The van der Waals surface area contributed by atoms with Crippen molar-refractivity contribution >= 4 is 0 Å². The Kier molecular flexibility index (Phi) is 5.60. The molecule has 0 bridgehead atoms. The summed E-state index contributed by atoms with van der Waals surface area (Å²) < 4.78 is 10.3. The molecule has 0 amide bonds. The van der Waals surface area contributed by atoms with Crippen LogP contribution in [0.25, 0.3) is 0 Å². The summed E-state index contributed by atoms with van der Waals surface area (Å²) in [6.07, 6.45) is -0.675. The van der Waals surface area contributed by atoms with Gasteiger partial charge in [-0.05, 0) is 31.5 Å². The van der Waals surface area contributed by atoms with Gasteiger partial charge in [0, 0.05) is 12.1 Å². The number of ether oxygens (including phenoxy) is 2. The Bertz CT molecular complexity index is 406. The van der Waals surface area contributed by atoms with Gasteiger partial charge in [-0.15, -0.1) is 0 Å². The van der Waals surface area contributed by atoms with Crippen LogP contribution in [-0.2, 0) is 0 Å². The van der Waals surface area contributed by atoms with E-state index in [1.54, 1.807) is 32.4 Å². The Hall–Kier alpha value is -1.30. The van der Waals surface area contributed by atoms with Gasteiger partial charge in [0.1, 0.15) is 0 Å². The molecule has 0 aliphatic rings. The summed E-state index contributed by atoms with van der Waals surface area (Å²) >= 11 is 0. The summed E-state index contributed by atoms with van der Waals surface area (Å²) in [7, 11) is 3.13. The van der Waals surface area contributed by atoms with Crippen molar-refractivity contribution < 1.29 is 19.7 Å². The lowest BCUT2D eigenvalue weighted by atomic mass is 10.0. The van der Waals surface area contributed by atoms with Crippen LogP contribution in [0.3, 0.4) is 0 Å². The second-order valence-electron chi connectivity index (χ2n) is 5.05. The molecule has 0 aliphatic carbocycles. The second-order valence-corrected chi connectivity index (χ2v) is 5.05. The molecule has 0 aromatic heterocycles. The molecule has 0 saturated heterocycles. The molecule has 0 radical (unpaired) electrons. The average molecular weight is 269 g/mol. The highest BCUT2D eigenvalue weighted by Gasteiger charge is 2.18. The summed E-state index contributed by atoms with van der Waals surface area (Å²) in [6.45, 7) is 4.09. The maximum atomic E-state index is 10.1. The van der Waals surface area contributed by atoms with Gasteiger partial charge >= 0.3 is 0 Å². The smallest absolute Gasteiger partial charge is 0.161 e. The number of β-amino-alcohol motifs (C(OH)–C–C–N with tert-alkyl or cyclic N) is 1. The van der Waals surface area contributed by atoms with E-state index in [4.69, 9.17) is 14.6 Å². The fourth-order valence-corrected chi connectivity index (χ4v) is 1.61. The zero-order chi connectivity index (χ0) is 14.5. The third-order valence-electron chi connectivity index (χ3n) is 2.96. The van der Waals surface area contributed by atoms with Crippen molar-refractivity contribution in [1.82, 2.24) is 5.32 Å². The topological polar surface area (TPSA) is 71.0 Å². The average Bonchev–Trinajstić information content (AvgIpc) is 2.44. The van der Waals surface area contributed by atoms with Gasteiger partial charge in [-0.3, -0.25) is 0 Å². The third-order valence-corrected chi connectivity index (χ3v) is 2.96. The highest BCUT2D eigenvalue weighted by molar-refractivity contribution is 5.43. The van der Waals surface area contributed by atoms with Crippen molar-refractivity contribution in [2.24, 2.45) is 0 Å². The molecule has 19 heavy (non-hydrogen) atoms. The van der Waals surface area contributed by atoms with Gasteiger partial charge in [0.15, 0.2) is 11.5 Å². The first-order valence-electron chi connectivity index (χ1n) is 6.19. The molecule has 1 aromatic carbocycles. The molecule has 0 aliphatic heterocycles. The summed E-state index contributed by atoms with van der Waals surface area (Å²) in [5, 5.41) is 22.4. The van der Waals surface area contributed by atoms with Crippen LogP contribution in [0.4, 0.5) is 0 Å². The Morgan fingerprint density at radius 3 is 2.37 bits per heavy atom. The Labute approximate surface area is 114 Å². The van der Waals surface area contributed by atoms with Gasteiger partial charge in [-0.2, -0.15) is 0 Å². The van der Waals surface area contributed by atoms with Gasteiger partial charge in [0.05, 0.1) is 26.9 Å². The monoisotopic (exact) mass is 269 g/mol. The molecule has 1 unspecified atom stereocenters. The number of hydrogen-bond acceptors (Lipinski definition) is 5. The van der Waals surface area contributed by atoms with Gasteiger partial charge in [-0.1, -0.05) is 6.07 Å². The summed E-state index contributed by atoms with van der Waals surface area (Å²) in [4.78, 5) is 0. The quantitative estimate of drug-likeness (QED) is 0.691. The van der Waals surface area contributed by atoms with Crippen molar-refractivity contribution in [3.63, 3.8) is 0 Å². The number of hydrogen-bond donors (Lipinski definition) is 3. The fraction of sp³-hybridized carbons (Fsp3) is 0.571. The minimum absolute atomic E-state index is 0.00561. The van der Waals surface area contributed by atoms with Crippen LogP contribution in [0.5, 0.6) is 11.5 Å². The van der Waals surface area contributed by atoms with E-state index in [2.05, 4.69) is 5.32 Å². The van der Waals surface area contributed by atoms with E-state index < -0.39 is 11.6 Å². The maximum Gasteiger partial charge on any atom is 0.161 e. The predicted octanol–water partition coefficient (Wildman–Crippen LogP) is 1.10. The second kappa shape index (κ2) is 6.75. The number of nitrogens with one attached hydrogen (secondary N) is 1. The Balaban J connectivity index is 2.74. The minimum atomic E-state index is -0.675. The molecule has 0 spiro atoms. The number of methoxy groups -OCH3 is 2. The highest BCUT2D eigenvalue weighted by Crippen LogP contribution is 2.29. The van der Waals surface area contributed by atoms with E-state index in [-0.39, 0.29) is 6.61 Å². The molecule has 3 N–H and O–H groups in total. The van der Waals surface area contributed by atoms with Crippen LogP contribution in [0, 0.1) is 0 Å². The zero-order valence-electron chi connectivity index (χ0n) is 11.9. The number of aliphatic hydroxyl groups is 2. The standard InChI is InChI=1S/C14H23NO4/c1-14(2,9-16)15-8-11(17)10-5-6-12(18-3)13(7-10)19-4/h5-7,11,15-17H,8-9H2,1-4H3. The summed E-state index contributed by atoms with van der Waals surface area (Å²) in [5.74, 6) is 1.21.